The topological polar surface area (TPSA) is 217 Å². The first kappa shape index (κ1) is 37.3. The van der Waals surface area contributed by atoms with Crippen LogP contribution in [0.2, 0.25) is 0 Å². The van der Waals surface area contributed by atoms with Gasteiger partial charge in [0.25, 0.3) is 0 Å². The summed E-state index contributed by atoms with van der Waals surface area (Å²) in [6.07, 6.45) is -0.362. The van der Waals surface area contributed by atoms with E-state index in [1.807, 2.05) is 60.7 Å². The van der Waals surface area contributed by atoms with E-state index in [0.29, 0.717) is 0 Å². The van der Waals surface area contributed by atoms with Gasteiger partial charge in [-0.05, 0) is 17.5 Å². The van der Waals surface area contributed by atoms with Gasteiger partial charge < -0.3 is 30.4 Å². The first-order valence-electron chi connectivity index (χ1n) is 14.5. The van der Waals surface area contributed by atoms with Gasteiger partial charge in [-0.1, -0.05) is 60.7 Å². The third-order valence-electron chi connectivity index (χ3n) is 6.99. The summed E-state index contributed by atoms with van der Waals surface area (Å²) in [6.45, 7) is -2.64. The molecule has 0 spiro atoms. The number of carbonyl (C=O) groups excluding carboxylic acids is 1. The zero-order valence-electron chi connectivity index (χ0n) is 25.3. The lowest BCUT2D eigenvalue weighted by Crippen LogP contribution is -2.50. The molecule has 1 atom stereocenters. The first-order chi connectivity index (χ1) is 21.8. The zero-order valence-corrected chi connectivity index (χ0v) is 25.3. The quantitative estimate of drug-likeness (QED) is 0.113. The Morgan fingerprint density at radius 1 is 0.543 bits per heavy atom. The fraction of sp³-hybridized carbons (Fsp3) is 0.419. The molecule has 0 aliphatic heterocycles. The average Bonchev–Trinajstić information content (AvgIpc) is 2.97. The van der Waals surface area contributed by atoms with Crippen molar-refractivity contribution in [1.29, 1.82) is 0 Å². The number of benzene rings is 2. The number of carboxylic acids is 5. The lowest BCUT2D eigenvalue weighted by Gasteiger charge is -2.33. The maximum Gasteiger partial charge on any atom is 0.320 e. The van der Waals surface area contributed by atoms with Gasteiger partial charge in [-0.3, -0.25) is 43.5 Å². The Bertz CT molecular complexity index is 1200. The summed E-state index contributed by atoms with van der Waals surface area (Å²) in [5.74, 6) is -6.80. The van der Waals surface area contributed by atoms with Crippen LogP contribution in [0.4, 0.5) is 0 Å². The minimum Gasteiger partial charge on any atom is -0.480 e. The molecule has 0 saturated carbocycles. The van der Waals surface area contributed by atoms with E-state index < -0.39 is 62.1 Å². The molecule has 0 aliphatic carbocycles. The molecule has 0 aromatic heterocycles. The van der Waals surface area contributed by atoms with Gasteiger partial charge in [-0.25, -0.2) is 0 Å². The average molecular weight is 645 g/mol. The summed E-state index contributed by atoms with van der Waals surface area (Å²) in [5.41, 5.74) is 1.74. The predicted molar refractivity (Wildman–Crippen MR) is 163 cm³/mol. The fourth-order valence-corrected chi connectivity index (χ4v) is 4.88. The SMILES string of the molecule is O=C(O)CN(CCN(CCN(CC(=O)O)CC(=O)O)C(CCC(=O)N(Cc1ccccc1)Cc1ccccc1)C(=O)O)CC(=O)O. The number of amides is 1. The van der Waals surface area contributed by atoms with Gasteiger partial charge in [0.15, 0.2) is 0 Å². The second-order valence-electron chi connectivity index (χ2n) is 10.6. The molecule has 250 valence electrons. The van der Waals surface area contributed by atoms with Gasteiger partial charge in [0.05, 0.1) is 26.2 Å². The Balaban J connectivity index is 2.28. The molecule has 0 bridgehead atoms. The minimum absolute atomic E-state index is 0.155. The summed E-state index contributed by atoms with van der Waals surface area (Å²) in [5, 5.41) is 47.0. The van der Waals surface area contributed by atoms with Crippen molar-refractivity contribution < 1.29 is 54.3 Å². The Labute approximate surface area is 265 Å². The second kappa shape index (κ2) is 19.5. The van der Waals surface area contributed by atoms with Gasteiger partial charge in [-0.15, -0.1) is 0 Å². The molecule has 1 unspecified atom stereocenters. The molecule has 0 heterocycles. The molecule has 46 heavy (non-hydrogen) atoms. The Morgan fingerprint density at radius 2 is 0.913 bits per heavy atom. The van der Waals surface area contributed by atoms with Gasteiger partial charge in [-0.2, -0.15) is 0 Å². The van der Waals surface area contributed by atoms with Crippen molar-refractivity contribution in [2.24, 2.45) is 0 Å². The van der Waals surface area contributed by atoms with E-state index in [0.717, 1.165) is 20.9 Å². The highest BCUT2D eigenvalue weighted by Crippen LogP contribution is 2.16. The van der Waals surface area contributed by atoms with Crippen LogP contribution in [0, 0.1) is 0 Å². The minimum atomic E-state index is -1.31. The first-order valence-corrected chi connectivity index (χ1v) is 14.5. The normalized spacial score (nSPS) is 11.8. The fourth-order valence-electron chi connectivity index (χ4n) is 4.88. The lowest BCUT2D eigenvalue weighted by atomic mass is 10.1. The molecule has 1 amide bonds. The molecule has 15 heteroatoms. The highest BCUT2D eigenvalue weighted by molar-refractivity contribution is 5.79. The van der Waals surface area contributed by atoms with E-state index in [4.69, 9.17) is 0 Å². The van der Waals surface area contributed by atoms with Crippen LogP contribution in [0.1, 0.15) is 24.0 Å². The number of carbonyl (C=O) groups is 6. The Kier molecular flexibility index (Phi) is 15.8. The van der Waals surface area contributed by atoms with E-state index in [2.05, 4.69) is 0 Å². The summed E-state index contributed by atoms with van der Waals surface area (Å²) < 4.78 is 0. The second-order valence-corrected chi connectivity index (χ2v) is 10.6. The summed E-state index contributed by atoms with van der Waals surface area (Å²) in [4.78, 5) is 76.5. The molecule has 0 aliphatic rings. The smallest absolute Gasteiger partial charge is 0.320 e. The largest absolute Gasteiger partial charge is 0.480 e. The van der Waals surface area contributed by atoms with E-state index in [1.165, 1.54) is 4.90 Å². The van der Waals surface area contributed by atoms with Crippen LogP contribution in [-0.4, -0.2) is 139 Å². The van der Waals surface area contributed by atoms with Crippen LogP contribution >= 0.6 is 0 Å². The molecule has 5 N–H and O–H groups in total. The number of rotatable bonds is 23. The van der Waals surface area contributed by atoms with Crippen LogP contribution in [0.25, 0.3) is 0 Å². The maximum absolute atomic E-state index is 13.6. The maximum atomic E-state index is 13.6. The van der Waals surface area contributed by atoms with Crippen LogP contribution < -0.4 is 0 Å². The van der Waals surface area contributed by atoms with Gasteiger partial charge in [0, 0.05) is 45.7 Å². The van der Waals surface area contributed by atoms with E-state index in [9.17, 15) is 54.3 Å². The zero-order chi connectivity index (χ0) is 34.1. The highest BCUT2D eigenvalue weighted by Gasteiger charge is 2.29. The summed E-state index contributed by atoms with van der Waals surface area (Å²) >= 11 is 0. The van der Waals surface area contributed by atoms with Crippen molar-refractivity contribution in [2.45, 2.75) is 32.0 Å². The molecule has 2 rings (SSSR count). The van der Waals surface area contributed by atoms with Crippen molar-refractivity contribution in [3.63, 3.8) is 0 Å². The molecular weight excluding hydrogens is 604 g/mol. The molecule has 2 aromatic carbocycles. The Morgan fingerprint density at radius 3 is 1.24 bits per heavy atom. The van der Waals surface area contributed by atoms with Gasteiger partial charge >= 0.3 is 29.8 Å². The summed E-state index contributed by atoms with van der Waals surface area (Å²) in [6, 6.07) is 17.2. The van der Waals surface area contributed by atoms with E-state index in [-0.39, 0.29) is 58.0 Å². The number of aliphatic carboxylic acids is 5. The lowest BCUT2D eigenvalue weighted by molar-refractivity contribution is -0.147. The van der Waals surface area contributed by atoms with Crippen LogP contribution in [-0.2, 0) is 41.9 Å². The third-order valence-corrected chi connectivity index (χ3v) is 6.99. The molecule has 0 radical (unpaired) electrons. The molecule has 0 saturated heterocycles. The number of hydrogen-bond acceptors (Lipinski definition) is 9. The number of hydrogen-bond donors (Lipinski definition) is 5. The van der Waals surface area contributed by atoms with Gasteiger partial charge in [0.1, 0.15) is 6.04 Å². The predicted octanol–water partition coefficient (Wildman–Crippen LogP) is 0.693. The highest BCUT2D eigenvalue weighted by atomic mass is 16.4. The van der Waals surface area contributed by atoms with Crippen molar-refractivity contribution in [2.75, 3.05) is 52.4 Å². The Hall–Kier alpha value is -4.86. The van der Waals surface area contributed by atoms with Crippen LogP contribution in [0.5, 0.6) is 0 Å². The molecular formula is C31H40N4O11. The van der Waals surface area contributed by atoms with E-state index >= 15 is 0 Å². The molecule has 15 nitrogen and oxygen atoms in total. The van der Waals surface area contributed by atoms with Crippen molar-refractivity contribution >= 4 is 35.8 Å². The summed E-state index contributed by atoms with van der Waals surface area (Å²) in [7, 11) is 0. The van der Waals surface area contributed by atoms with Crippen molar-refractivity contribution in [3.8, 4) is 0 Å². The van der Waals surface area contributed by atoms with Crippen molar-refractivity contribution in [1.82, 2.24) is 19.6 Å². The van der Waals surface area contributed by atoms with Gasteiger partial charge in [0.2, 0.25) is 5.91 Å². The monoisotopic (exact) mass is 644 g/mol. The van der Waals surface area contributed by atoms with Crippen LogP contribution in [0.3, 0.4) is 0 Å². The molecule has 0 fully saturated rings. The third kappa shape index (κ3) is 14.7. The van der Waals surface area contributed by atoms with Crippen molar-refractivity contribution in [3.05, 3.63) is 71.8 Å². The number of carboxylic acid groups (broad SMARTS) is 5. The van der Waals surface area contributed by atoms with Crippen LogP contribution in [0.15, 0.2) is 60.7 Å². The number of nitrogens with zero attached hydrogens (tertiary/aromatic N) is 4. The standard InChI is InChI=1S/C31H40N4O11/c36-26(35(17-23-7-3-1-4-8-23)18-24-9-5-2-6-10-24)12-11-25(31(45)46)34(15-13-32(19-27(37)38)20-28(39)40)16-14-33(21-29(41)42)22-30(43)44/h1-10,25H,11-22H2,(H,37,38)(H,39,40)(H,41,42)(H,43,44)(H,45,46). The molecule has 2 aromatic rings. The van der Waals surface area contributed by atoms with E-state index in [1.54, 1.807) is 4.90 Å².